The summed E-state index contributed by atoms with van der Waals surface area (Å²) in [5.74, 6) is 0.178. The molecule has 112 valence electrons. The van der Waals surface area contributed by atoms with Crippen molar-refractivity contribution < 1.29 is 13.9 Å². The van der Waals surface area contributed by atoms with Crippen LogP contribution in [-0.4, -0.2) is 28.6 Å². The highest BCUT2D eigenvalue weighted by atomic mass is 19.1. The fourth-order valence-corrected chi connectivity index (χ4v) is 2.69. The minimum Gasteiger partial charge on any atom is -0.378 e. The van der Waals surface area contributed by atoms with Gasteiger partial charge in [0.1, 0.15) is 11.6 Å². The molecule has 2 N–H and O–H groups in total. The molecule has 2 atom stereocenters. The van der Waals surface area contributed by atoms with Gasteiger partial charge >= 0.3 is 0 Å². The van der Waals surface area contributed by atoms with Gasteiger partial charge in [-0.15, -0.1) is 0 Å². The van der Waals surface area contributed by atoms with E-state index >= 15 is 0 Å². The summed E-state index contributed by atoms with van der Waals surface area (Å²) in [6, 6.07) is 4.38. The van der Waals surface area contributed by atoms with Crippen LogP contribution in [0.2, 0.25) is 0 Å². The molecule has 1 saturated heterocycles. The first kappa shape index (κ1) is 14.0. The molecular weight excluding hydrogens is 273 g/mol. The lowest BCUT2D eigenvalue weighted by Gasteiger charge is -2.27. The number of fused-ring (bicyclic) bond motifs is 1. The van der Waals surface area contributed by atoms with Gasteiger partial charge in [0.15, 0.2) is 0 Å². The fourth-order valence-electron chi connectivity index (χ4n) is 2.69. The summed E-state index contributed by atoms with van der Waals surface area (Å²) in [6.07, 6.45) is 1.70. The molecule has 21 heavy (non-hydrogen) atoms. The monoisotopic (exact) mass is 291 g/mol. The predicted molar refractivity (Wildman–Crippen MR) is 76.0 cm³/mol. The van der Waals surface area contributed by atoms with E-state index in [1.807, 2.05) is 6.92 Å². The molecule has 3 rings (SSSR count). The maximum absolute atomic E-state index is 13.1. The quantitative estimate of drug-likeness (QED) is 0.910. The number of ether oxygens (including phenoxy) is 1. The summed E-state index contributed by atoms with van der Waals surface area (Å²) in [5, 5.41) is 2.87. The van der Waals surface area contributed by atoms with Crippen LogP contribution in [0.25, 0.3) is 11.0 Å². The maximum atomic E-state index is 13.1. The second kappa shape index (κ2) is 5.81. The van der Waals surface area contributed by atoms with E-state index in [4.69, 9.17) is 4.74 Å². The number of H-pyrrole nitrogens is 1. The Bertz CT molecular complexity index is 655. The number of halogens is 1. The topological polar surface area (TPSA) is 67.0 Å². The number of aromatic amines is 1. The zero-order valence-corrected chi connectivity index (χ0v) is 11.9. The molecule has 1 aromatic carbocycles. The SMILES string of the molecule is CC1OCCCC1C(=O)NCc1nc2ccc(F)cc2[nH]1. The first-order chi connectivity index (χ1) is 10.1. The number of aromatic nitrogens is 2. The van der Waals surface area contributed by atoms with Crippen LogP contribution in [0.1, 0.15) is 25.6 Å². The molecule has 2 aromatic rings. The zero-order valence-electron chi connectivity index (χ0n) is 11.9. The van der Waals surface area contributed by atoms with E-state index in [2.05, 4.69) is 15.3 Å². The Kier molecular flexibility index (Phi) is 3.88. The van der Waals surface area contributed by atoms with Crippen LogP contribution in [0.5, 0.6) is 0 Å². The van der Waals surface area contributed by atoms with Crippen LogP contribution >= 0.6 is 0 Å². The Morgan fingerprint density at radius 1 is 1.57 bits per heavy atom. The van der Waals surface area contributed by atoms with Gasteiger partial charge in [0.25, 0.3) is 0 Å². The van der Waals surface area contributed by atoms with E-state index in [0.717, 1.165) is 19.4 Å². The van der Waals surface area contributed by atoms with Crippen molar-refractivity contribution in [2.45, 2.75) is 32.4 Å². The van der Waals surface area contributed by atoms with Crippen molar-refractivity contribution in [1.29, 1.82) is 0 Å². The van der Waals surface area contributed by atoms with Crippen LogP contribution in [0.3, 0.4) is 0 Å². The molecule has 0 saturated carbocycles. The Morgan fingerprint density at radius 3 is 3.24 bits per heavy atom. The fraction of sp³-hybridized carbons (Fsp3) is 0.467. The van der Waals surface area contributed by atoms with Gasteiger partial charge in [-0.3, -0.25) is 4.79 Å². The summed E-state index contributed by atoms with van der Waals surface area (Å²) >= 11 is 0. The summed E-state index contributed by atoms with van der Waals surface area (Å²) in [6.45, 7) is 2.95. The van der Waals surface area contributed by atoms with Gasteiger partial charge in [0.2, 0.25) is 5.91 Å². The number of carbonyl (C=O) groups is 1. The van der Waals surface area contributed by atoms with Crippen molar-refractivity contribution >= 4 is 16.9 Å². The van der Waals surface area contributed by atoms with E-state index in [1.54, 1.807) is 6.07 Å². The summed E-state index contributed by atoms with van der Waals surface area (Å²) in [4.78, 5) is 19.5. The Labute approximate surface area is 121 Å². The normalized spacial score (nSPS) is 22.4. The number of nitrogens with one attached hydrogen (secondary N) is 2. The Morgan fingerprint density at radius 2 is 2.43 bits per heavy atom. The highest BCUT2D eigenvalue weighted by Gasteiger charge is 2.28. The molecule has 0 aliphatic carbocycles. The number of hydrogen-bond donors (Lipinski definition) is 2. The van der Waals surface area contributed by atoms with E-state index in [-0.39, 0.29) is 23.7 Å². The predicted octanol–water partition coefficient (Wildman–Crippen LogP) is 2.13. The molecule has 2 heterocycles. The number of carbonyl (C=O) groups excluding carboxylic acids is 1. The molecular formula is C15H18FN3O2. The van der Waals surface area contributed by atoms with Gasteiger partial charge in [-0.25, -0.2) is 9.37 Å². The molecule has 2 unspecified atom stereocenters. The molecule has 0 bridgehead atoms. The molecule has 5 nitrogen and oxygen atoms in total. The highest BCUT2D eigenvalue weighted by molar-refractivity contribution is 5.79. The van der Waals surface area contributed by atoms with Gasteiger partial charge in [0, 0.05) is 6.61 Å². The molecule has 6 heteroatoms. The molecule has 0 spiro atoms. The average molecular weight is 291 g/mol. The minimum atomic E-state index is -0.310. The number of rotatable bonds is 3. The van der Waals surface area contributed by atoms with E-state index in [0.29, 0.717) is 23.4 Å². The van der Waals surface area contributed by atoms with Crippen LogP contribution in [0, 0.1) is 11.7 Å². The standard InChI is InChI=1S/C15H18FN3O2/c1-9-11(3-2-6-21-9)15(20)17-8-14-18-12-5-4-10(16)7-13(12)19-14/h4-5,7,9,11H,2-3,6,8H2,1H3,(H,17,20)(H,18,19). The maximum Gasteiger partial charge on any atom is 0.226 e. The summed E-state index contributed by atoms with van der Waals surface area (Å²) < 4.78 is 18.6. The van der Waals surface area contributed by atoms with Crippen molar-refractivity contribution in [3.63, 3.8) is 0 Å². The molecule has 0 radical (unpaired) electrons. The molecule has 1 aliphatic heterocycles. The Balaban J connectivity index is 1.64. The second-order valence-corrected chi connectivity index (χ2v) is 5.39. The Hall–Kier alpha value is -1.95. The summed E-state index contributed by atoms with van der Waals surface area (Å²) in [5.41, 5.74) is 1.32. The van der Waals surface area contributed by atoms with E-state index in [1.165, 1.54) is 12.1 Å². The van der Waals surface area contributed by atoms with Gasteiger partial charge < -0.3 is 15.0 Å². The number of amides is 1. The smallest absolute Gasteiger partial charge is 0.226 e. The number of imidazole rings is 1. The third kappa shape index (κ3) is 3.05. The van der Waals surface area contributed by atoms with Crippen LogP contribution in [0.15, 0.2) is 18.2 Å². The van der Waals surface area contributed by atoms with Gasteiger partial charge in [-0.2, -0.15) is 0 Å². The van der Waals surface area contributed by atoms with Crippen molar-refractivity contribution in [2.75, 3.05) is 6.61 Å². The van der Waals surface area contributed by atoms with Crippen molar-refractivity contribution in [3.8, 4) is 0 Å². The molecule has 1 aromatic heterocycles. The second-order valence-electron chi connectivity index (χ2n) is 5.39. The number of benzene rings is 1. The zero-order chi connectivity index (χ0) is 14.8. The lowest BCUT2D eigenvalue weighted by molar-refractivity contribution is -0.133. The third-order valence-corrected chi connectivity index (χ3v) is 3.87. The van der Waals surface area contributed by atoms with Crippen molar-refractivity contribution in [2.24, 2.45) is 5.92 Å². The minimum absolute atomic E-state index is 0.0196. The van der Waals surface area contributed by atoms with Gasteiger partial charge in [0.05, 0.1) is 29.6 Å². The van der Waals surface area contributed by atoms with Gasteiger partial charge in [-0.05, 0) is 38.0 Å². The molecule has 1 aliphatic rings. The van der Waals surface area contributed by atoms with E-state index < -0.39 is 0 Å². The molecule has 1 amide bonds. The van der Waals surface area contributed by atoms with Crippen molar-refractivity contribution in [1.82, 2.24) is 15.3 Å². The average Bonchev–Trinajstić information content (AvgIpc) is 2.87. The van der Waals surface area contributed by atoms with Crippen LogP contribution in [0.4, 0.5) is 4.39 Å². The van der Waals surface area contributed by atoms with Crippen molar-refractivity contribution in [3.05, 3.63) is 29.8 Å². The third-order valence-electron chi connectivity index (χ3n) is 3.87. The van der Waals surface area contributed by atoms with Crippen LogP contribution in [-0.2, 0) is 16.1 Å². The van der Waals surface area contributed by atoms with Gasteiger partial charge in [-0.1, -0.05) is 0 Å². The van der Waals surface area contributed by atoms with E-state index in [9.17, 15) is 9.18 Å². The molecule has 1 fully saturated rings. The highest BCUT2D eigenvalue weighted by Crippen LogP contribution is 2.20. The first-order valence-corrected chi connectivity index (χ1v) is 7.17. The van der Waals surface area contributed by atoms with Crippen LogP contribution < -0.4 is 5.32 Å². The first-order valence-electron chi connectivity index (χ1n) is 7.17. The number of hydrogen-bond acceptors (Lipinski definition) is 3. The number of nitrogens with zero attached hydrogens (tertiary/aromatic N) is 1. The lowest BCUT2D eigenvalue weighted by Crippen LogP contribution is -2.40. The summed E-state index contributed by atoms with van der Waals surface area (Å²) in [7, 11) is 0. The lowest BCUT2D eigenvalue weighted by atomic mass is 9.94. The largest absolute Gasteiger partial charge is 0.378 e.